The number of hydrogen-bond acceptors (Lipinski definition) is 5. The number of aromatic nitrogens is 2. The van der Waals surface area contributed by atoms with Crippen LogP contribution >= 0.6 is 0 Å². The predicted molar refractivity (Wildman–Crippen MR) is 141 cm³/mol. The molecule has 0 amide bonds. The zero-order chi connectivity index (χ0) is 25.8. The summed E-state index contributed by atoms with van der Waals surface area (Å²) in [4.78, 5) is 26.3. The van der Waals surface area contributed by atoms with Gasteiger partial charge in [0, 0.05) is 13.1 Å². The van der Waals surface area contributed by atoms with Gasteiger partial charge in [-0.1, -0.05) is 68.4 Å². The molecule has 0 unspecified atom stereocenters. The molecule has 186 valence electrons. The summed E-state index contributed by atoms with van der Waals surface area (Å²) >= 11 is 0. The molecule has 0 saturated heterocycles. The third kappa shape index (κ3) is 6.59. The van der Waals surface area contributed by atoms with Crippen molar-refractivity contribution in [2.75, 3.05) is 4.90 Å². The summed E-state index contributed by atoms with van der Waals surface area (Å²) in [5, 5.41) is 4.43. The van der Waals surface area contributed by atoms with Crippen molar-refractivity contribution in [3.05, 3.63) is 82.3 Å². The Morgan fingerprint density at radius 3 is 1.91 bits per heavy atom. The van der Waals surface area contributed by atoms with Crippen molar-refractivity contribution in [3.63, 3.8) is 0 Å². The molecule has 0 N–H and O–H groups in total. The van der Waals surface area contributed by atoms with Crippen molar-refractivity contribution in [2.24, 2.45) is 5.92 Å². The first-order valence-corrected chi connectivity index (χ1v) is 12.2. The Morgan fingerprint density at radius 2 is 1.46 bits per heavy atom. The van der Waals surface area contributed by atoms with E-state index in [2.05, 4.69) is 34.3 Å². The Bertz CT molecular complexity index is 1180. The fraction of sp³-hybridized carbons (Fsp3) is 0.414. The van der Waals surface area contributed by atoms with Gasteiger partial charge in [-0.2, -0.15) is 5.10 Å². The van der Waals surface area contributed by atoms with Crippen molar-refractivity contribution >= 4 is 11.7 Å². The lowest BCUT2D eigenvalue weighted by molar-refractivity contribution is -0.158. The minimum Gasteiger partial charge on any atom is -0.460 e. The Hall–Kier alpha value is -3.41. The maximum Gasteiger partial charge on any atom is 0.308 e. The van der Waals surface area contributed by atoms with Crippen LogP contribution in [0.25, 0.3) is 11.1 Å². The van der Waals surface area contributed by atoms with Gasteiger partial charge in [0.05, 0.1) is 29.4 Å². The quantitative estimate of drug-likeness (QED) is 0.433. The van der Waals surface area contributed by atoms with Gasteiger partial charge in [-0.05, 0) is 51.3 Å². The van der Waals surface area contributed by atoms with Crippen LogP contribution in [-0.2, 0) is 22.6 Å². The summed E-state index contributed by atoms with van der Waals surface area (Å²) < 4.78 is 6.62. The predicted octanol–water partition coefficient (Wildman–Crippen LogP) is 6.00. The molecule has 1 aliphatic heterocycles. The van der Waals surface area contributed by atoms with E-state index in [1.807, 2.05) is 85.0 Å². The van der Waals surface area contributed by atoms with Gasteiger partial charge in [0.25, 0.3) is 5.56 Å². The smallest absolute Gasteiger partial charge is 0.308 e. The highest BCUT2D eigenvalue weighted by Crippen LogP contribution is 2.33. The second-order valence-electron chi connectivity index (χ2n) is 10.4. The number of rotatable bonds is 4. The van der Waals surface area contributed by atoms with Gasteiger partial charge in [-0.15, -0.1) is 0 Å². The van der Waals surface area contributed by atoms with E-state index < -0.39 is 0 Å². The molecular weight excluding hydrogens is 438 g/mol. The summed E-state index contributed by atoms with van der Waals surface area (Å²) in [6, 6.07) is 18.4. The van der Waals surface area contributed by atoms with Crippen molar-refractivity contribution in [1.82, 2.24) is 9.78 Å². The largest absolute Gasteiger partial charge is 0.460 e. The molecule has 1 aliphatic rings. The van der Waals surface area contributed by atoms with Crippen LogP contribution in [0.4, 0.5) is 5.69 Å². The lowest BCUT2D eigenvalue weighted by atomic mass is 10.1. The number of fused-ring (bicyclic) bond motifs is 1. The molecular formula is C29H37N3O3. The molecule has 0 bridgehead atoms. The molecule has 35 heavy (non-hydrogen) atoms. The first-order chi connectivity index (χ1) is 16.5. The zero-order valence-electron chi connectivity index (χ0n) is 21.9. The van der Waals surface area contributed by atoms with Crippen LogP contribution in [0.15, 0.2) is 65.6 Å². The number of carbonyl (C=O) groups is 1. The third-order valence-electron chi connectivity index (χ3n) is 5.59. The van der Waals surface area contributed by atoms with Crippen LogP contribution in [0.1, 0.15) is 65.6 Å². The summed E-state index contributed by atoms with van der Waals surface area (Å²) in [5.41, 5.74) is 4.83. The summed E-state index contributed by atoms with van der Waals surface area (Å²) in [7, 11) is 0. The van der Waals surface area contributed by atoms with Crippen LogP contribution in [0, 0.1) is 5.92 Å². The third-order valence-corrected chi connectivity index (χ3v) is 5.59. The van der Waals surface area contributed by atoms with Crippen LogP contribution in [0.3, 0.4) is 0 Å². The van der Waals surface area contributed by atoms with Gasteiger partial charge in [-0.25, -0.2) is 4.68 Å². The minimum atomic E-state index is -0.346. The molecule has 0 fully saturated rings. The van der Waals surface area contributed by atoms with E-state index in [-0.39, 0.29) is 29.1 Å². The van der Waals surface area contributed by atoms with Crippen molar-refractivity contribution in [2.45, 2.75) is 73.2 Å². The second kappa shape index (κ2) is 10.9. The number of benzene rings is 2. The highest BCUT2D eigenvalue weighted by Gasteiger charge is 2.24. The average Bonchev–Trinajstić information content (AvgIpc) is 3.22. The van der Waals surface area contributed by atoms with E-state index in [1.165, 1.54) is 11.1 Å². The molecule has 0 radical (unpaired) electrons. The van der Waals surface area contributed by atoms with E-state index in [0.29, 0.717) is 0 Å². The maximum atomic E-state index is 13.1. The normalized spacial score (nSPS) is 12.9. The van der Waals surface area contributed by atoms with Gasteiger partial charge >= 0.3 is 5.97 Å². The standard InChI is InChI=1S/C21H21N3O.C8H16O2/c1-15(2)24-21(25)20(16-8-4-3-5-9-16)19(12-22-24)23-13-17-10-6-7-11-18(17)14-23;1-6(2)7(9)10-8(3,4)5/h3-12,15H,13-14H2,1-2H3;6H,1-5H3. The lowest BCUT2D eigenvalue weighted by Gasteiger charge is -2.22. The minimum absolute atomic E-state index is 0.0276. The highest BCUT2D eigenvalue weighted by molar-refractivity contribution is 5.77. The first-order valence-electron chi connectivity index (χ1n) is 12.2. The number of esters is 1. The van der Waals surface area contributed by atoms with Gasteiger partial charge < -0.3 is 9.64 Å². The summed E-state index contributed by atoms with van der Waals surface area (Å²) in [5.74, 6) is -0.160. The Labute approximate surface area is 208 Å². The molecule has 3 aromatic rings. The van der Waals surface area contributed by atoms with Gasteiger partial charge in [0.15, 0.2) is 0 Å². The van der Waals surface area contributed by atoms with Crippen LogP contribution in [-0.4, -0.2) is 21.4 Å². The van der Waals surface area contributed by atoms with Crippen molar-refractivity contribution in [3.8, 4) is 11.1 Å². The number of hydrogen-bond donors (Lipinski definition) is 0. The van der Waals surface area contributed by atoms with E-state index in [4.69, 9.17) is 4.74 Å². The van der Waals surface area contributed by atoms with Crippen LogP contribution in [0.2, 0.25) is 0 Å². The van der Waals surface area contributed by atoms with Gasteiger partial charge in [0.2, 0.25) is 0 Å². The molecule has 0 atom stereocenters. The monoisotopic (exact) mass is 475 g/mol. The Balaban J connectivity index is 0.000000292. The summed E-state index contributed by atoms with van der Waals surface area (Å²) in [6.07, 6.45) is 1.84. The zero-order valence-corrected chi connectivity index (χ0v) is 21.9. The topological polar surface area (TPSA) is 64.4 Å². The molecule has 2 heterocycles. The molecule has 0 aliphatic carbocycles. The Morgan fingerprint density at radius 1 is 0.914 bits per heavy atom. The molecule has 1 aromatic heterocycles. The highest BCUT2D eigenvalue weighted by atomic mass is 16.6. The fourth-order valence-corrected chi connectivity index (χ4v) is 3.86. The van der Waals surface area contributed by atoms with Crippen molar-refractivity contribution in [1.29, 1.82) is 0 Å². The lowest BCUT2D eigenvalue weighted by Crippen LogP contribution is -2.29. The first kappa shape index (κ1) is 26.2. The van der Waals surface area contributed by atoms with Crippen molar-refractivity contribution < 1.29 is 9.53 Å². The second-order valence-corrected chi connectivity index (χ2v) is 10.4. The number of carbonyl (C=O) groups excluding carboxylic acids is 1. The molecule has 4 rings (SSSR count). The van der Waals surface area contributed by atoms with Crippen LogP contribution < -0.4 is 10.5 Å². The number of anilines is 1. The summed E-state index contributed by atoms with van der Waals surface area (Å²) in [6.45, 7) is 14.8. The molecule has 2 aromatic carbocycles. The number of nitrogens with zero attached hydrogens (tertiary/aromatic N) is 3. The maximum absolute atomic E-state index is 13.1. The van der Waals surface area contributed by atoms with E-state index in [9.17, 15) is 9.59 Å². The number of ether oxygens (including phenoxy) is 1. The molecule has 0 spiro atoms. The molecule has 6 nitrogen and oxygen atoms in total. The SMILES string of the molecule is CC(C)C(=O)OC(C)(C)C.CC(C)n1ncc(N2Cc3ccccc3C2)c(-c2ccccc2)c1=O. The Kier molecular flexibility index (Phi) is 8.15. The van der Waals surface area contributed by atoms with E-state index >= 15 is 0 Å². The van der Waals surface area contributed by atoms with E-state index in [1.54, 1.807) is 4.68 Å². The van der Waals surface area contributed by atoms with Gasteiger partial charge in [-0.3, -0.25) is 9.59 Å². The molecule has 6 heteroatoms. The average molecular weight is 476 g/mol. The molecule has 0 saturated carbocycles. The van der Waals surface area contributed by atoms with Crippen LogP contribution in [0.5, 0.6) is 0 Å². The van der Waals surface area contributed by atoms with E-state index in [0.717, 1.165) is 29.9 Å². The van der Waals surface area contributed by atoms with Gasteiger partial charge in [0.1, 0.15) is 5.60 Å². The fourth-order valence-electron chi connectivity index (χ4n) is 3.86.